The summed E-state index contributed by atoms with van der Waals surface area (Å²) >= 11 is 0. The molecule has 2 aromatic rings. The number of nitrogen functional groups attached to an aromatic ring is 1. The molecular weight excluding hydrogens is 244 g/mol. The van der Waals surface area contributed by atoms with Crippen molar-refractivity contribution in [2.45, 2.75) is 26.3 Å². The number of aromatic amines is 1. The quantitative estimate of drug-likeness (QED) is 0.733. The Morgan fingerprint density at radius 1 is 1.47 bits per heavy atom. The average molecular weight is 262 g/mol. The standard InChI is InChI=1S/C12H18N6O/c1-3-4-19-12-10(13)11(14-7-15-12)18-8(2)9-5-16-17-6-9/h5-8H,3-4,13H2,1-2H3,(H,16,17)(H,14,15,18). The second-order valence-corrected chi connectivity index (χ2v) is 4.19. The van der Waals surface area contributed by atoms with E-state index in [0.717, 1.165) is 12.0 Å². The van der Waals surface area contributed by atoms with Crippen LogP contribution in [0, 0.1) is 0 Å². The Kier molecular flexibility index (Phi) is 4.17. The number of aromatic nitrogens is 4. The molecule has 7 nitrogen and oxygen atoms in total. The third-order valence-corrected chi connectivity index (χ3v) is 2.66. The summed E-state index contributed by atoms with van der Waals surface area (Å²) in [5, 5.41) is 9.90. The molecule has 0 aliphatic heterocycles. The smallest absolute Gasteiger partial charge is 0.242 e. The van der Waals surface area contributed by atoms with Gasteiger partial charge in [-0.2, -0.15) is 10.1 Å². The van der Waals surface area contributed by atoms with Gasteiger partial charge in [-0.25, -0.2) is 4.98 Å². The van der Waals surface area contributed by atoms with Crippen LogP contribution in [0.4, 0.5) is 11.5 Å². The second-order valence-electron chi connectivity index (χ2n) is 4.19. The third-order valence-electron chi connectivity index (χ3n) is 2.66. The van der Waals surface area contributed by atoms with Gasteiger partial charge in [-0.1, -0.05) is 6.92 Å². The molecule has 0 amide bonds. The van der Waals surface area contributed by atoms with Crippen molar-refractivity contribution in [3.63, 3.8) is 0 Å². The topological polar surface area (TPSA) is 102 Å². The van der Waals surface area contributed by atoms with Crippen molar-refractivity contribution in [3.8, 4) is 5.88 Å². The zero-order valence-electron chi connectivity index (χ0n) is 11.1. The van der Waals surface area contributed by atoms with Crippen LogP contribution in [0.2, 0.25) is 0 Å². The number of hydrogen-bond acceptors (Lipinski definition) is 6. The third kappa shape index (κ3) is 3.12. The zero-order valence-corrected chi connectivity index (χ0v) is 11.1. The molecule has 0 saturated carbocycles. The van der Waals surface area contributed by atoms with Gasteiger partial charge in [0.15, 0.2) is 5.82 Å². The lowest BCUT2D eigenvalue weighted by Gasteiger charge is -2.15. The summed E-state index contributed by atoms with van der Waals surface area (Å²) in [4.78, 5) is 8.17. The number of anilines is 2. The van der Waals surface area contributed by atoms with Crippen molar-refractivity contribution in [2.75, 3.05) is 17.7 Å². The first-order valence-electron chi connectivity index (χ1n) is 6.20. The van der Waals surface area contributed by atoms with Crippen LogP contribution in [0.5, 0.6) is 5.88 Å². The predicted molar refractivity (Wildman–Crippen MR) is 72.9 cm³/mol. The molecule has 1 atom stereocenters. The monoisotopic (exact) mass is 262 g/mol. The maximum Gasteiger partial charge on any atom is 0.242 e. The van der Waals surface area contributed by atoms with Gasteiger partial charge in [0.25, 0.3) is 0 Å². The van der Waals surface area contributed by atoms with Crippen LogP contribution in [0.25, 0.3) is 0 Å². The summed E-state index contributed by atoms with van der Waals surface area (Å²) in [7, 11) is 0. The Morgan fingerprint density at radius 2 is 2.32 bits per heavy atom. The fraction of sp³-hybridized carbons (Fsp3) is 0.417. The Morgan fingerprint density at radius 3 is 3.00 bits per heavy atom. The SMILES string of the molecule is CCCOc1ncnc(NC(C)c2cn[nH]c2)c1N. The van der Waals surface area contributed by atoms with E-state index in [9.17, 15) is 0 Å². The number of rotatable bonds is 6. The Hall–Kier alpha value is -2.31. The highest BCUT2D eigenvalue weighted by molar-refractivity contribution is 5.66. The molecule has 19 heavy (non-hydrogen) atoms. The molecular formula is C12H18N6O. The number of ether oxygens (including phenoxy) is 1. The molecule has 0 saturated heterocycles. The molecule has 2 aromatic heterocycles. The second kappa shape index (κ2) is 6.03. The normalized spacial score (nSPS) is 12.1. The summed E-state index contributed by atoms with van der Waals surface area (Å²) in [6.45, 7) is 4.61. The zero-order chi connectivity index (χ0) is 13.7. The van der Waals surface area contributed by atoms with Crippen LogP contribution in [0.3, 0.4) is 0 Å². The van der Waals surface area contributed by atoms with Crippen LogP contribution in [-0.4, -0.2) is 26.8 Å². The lowest BCUT2D eigenvalue weighted by atomic mass is 10.2. The molecule has 0 aliphatic carbocycles. The van der Waals surface area contributed by atoms with E-state index in [1.54, 1.807) is 6.20 Å². The Bertz CT molecular complexity index is 513. The van der Waals surface area contributed by atoms with Gasteiger partial charge in [0.05, 0.1) is 18.8 Å². The molecule has 102 valence electrons. The average Bonchev–Trinajstić information content (AvgIpc) is 2.94. The lowest BCUT2D eigenvalue weighted by Crippen LogP contribution is -2.11. The molecule has 2 rings (SSSR count). The van der Waals surface area contributed by atoms with E-state index in [1.807, 2.05) is 20.0 Å². The van der Waals surface area contributed by atoms with E-state index in [2.05, 4.69) is 25.5 Å². The number of nitrogens with two attached hydrogens (primary N) is 1. The van der Waals surface area contributed by atoms with Gasteiger partial charge >= 0.3 is 0 Å². The molecule has 0 bridgehead atoms. The van der Waals surface area contributed by atoms with E-state index < -0.39 is 0 Å². The maximum atomic E-state index is 5.99. The highest BCUT2D eigenvalue weighted by Crippen LogP contribution is 2.27. The number of nitrogens with one attached hydrogen (secondary N) is 2. The van der Waals surface area contributed by atoms with E-state index in [0.29, 0.717) is 24.0 Å². The first-order chi connectivity index (χ1) is 9.22. The molecule has 0 aromatic carbocycles. The molecule has 2 heterocycles. The number of hydrogen-bond donors (Lipinski definition) is 3. The summed E-state index contributed by atoms with van der Waals surface area (Å²) < 4.78 is 5.46. The van der Waals surface area contributed by atoms with Crippen LogP contribution >= 0.6 is 0 Å². The van der Waals surface area contributed by atoms with Crippen LogP contribution in [0.1, 0.15) is 31.9 Å². The van der Waals surface area contributed by atoms with Crippen molar-refractivity contribution in [2.24, 2.45) is 0 Å². The summed E-state index contributed by atoms with van der Waals surface area (Å²) in [5.41, 5.74) is 7.43. The fourth-order valence-corrected chi connectivity index (χ4v) is 1.59. The highest BCUT2D eigenvalue weighted by atomic mass is 16.5. The van der Waals surface area contributed by atoms with Crippen molar-refractivity contribution in [1.82, 2.24) is 20.2 Å². The molecule has 0 fully saturated rings. The van der Waals surface area contributed by atoms with Gasteiger partial charge in [0.1, 0.15) is 12.0 Å². The van der Waals surface area contributed by atoms with Crippen LogP contribution < -0.4 is 15.8 Å². The van der Waals surface area contributed by atoms with E-state index >= 15 is 0 Å². The van der Waals surface area contributed by atoms with Crippen LogP contribution in [0.15, 0.2) is 18.7 Å². The van der Waals surface area contributed by atoms with Gasteiger partial charge < -0.3 is 15.8 Å². The van der Waals surface area contributed by atoms with E-state index in [-0.39, 0.29) is 6.04 Å². The molecule has 7 heteroatoms. The van der Waals surface area contributed by atoms with Gasteiger partial charge in [0.2, 0.25) is 5.88 Å². The first-order valence-corrected chi connectivity index (χ1v) is 6.20. The van der Waals surface area contributed by atoms with Crippen LogP contribution in [-0.2, 0) is 0 Å². The van der Waals surface area contributed by atoms with E-state index in [1.165, 1.54) is 6.33 Å². The summed E-state index contributed by atoms with van der Waals surface area (Å²) in [5.74, 6) is 0.980. The molecule has 4 N–H and O–H groups in total. The van der Waals surface area contributed by atoms with Crippen molar-refractivity contribution < 1.29 is 4.74 Å². The van der Waals surface area contributed by atoms with E-state index in [4.69, 9.17) is 10.5 Å². The molecule has 0 radical (unpaired) electrons. The van der Waals surface area contributed by atoms with Gasteiger partial charge in [-0.05, 0) is 13.3 Å². The van der Waals surface area contributed by atoms with Gasteiger partial charge in [0, 0.05) is 11.8 Å². The fourth-order valence-electron chi connectivity index (χ4n) is 1.59. The maximum absolute atomic E-state index is 5.99. The van der Waals surface area contributed by atoms with Crippen molar-refractivity contribution in [3.05, 3.63) is 24.3 Å². The van der Waals surface area contributed by atoms with Gasteiger partial charge in [-0.15, -0.1) is 0 Å². The largest absolute Gasteiger partial charge is 0.476 e. The lowest BCUT2D eigenvalue weighted by molar-refractivity contribution is 0.306. The first kappa shape index (κ1) is 13.1. The summed E-state index contributed by atoms with van der Waals surface area (Å²) in [6.07, 6.45) is 5.91. The Balaban J connectivity index is 2.12. The molecule has 0 spiro atoms. The molecule has 1 unspecified atom stereocenters. The minimum absolute atomic E-state index is 0.0370. The minimum atomic E-state index is 0.0370. The summed E-state index contributed by atoms with van der Waals surface area (Å²) in [6, 6.07) is 0.0370. The van der Waals surface area contributed by atoms with Crippen molar-refractivity contribution >= 4 is 11.5 Å². The number of nitrogens with zero attached hydrogens (tertiary/aromatic N) is 3. The number of H-pyrrole nitrogens is 1. The van der Waals surface area contributed by atoms with Crippen molar-refractivity contribution in [1.29, 1.82) is 0 Å². The van der Waals surface area contributed by atoms with Gasteiger partial charge in [-0.3, -0.25) is 5.10 Å². The predicted octanol–water partition coefficient (Wildman–Crippen LogP) is 1.74. The Labute approximate surface area is 111 Å². The minimum Gasteiger partial charge on any atom is -0.476 e. The molecule has 0 aliphatic rings. The highest BCUT2D eigenvalue weighted by Gasteiger charge is 2.13.